The van der Waals surface area contributed by atoms with Crippen LogP contribution in [0.25, 0.3) is 0 Å². The van der Waals surface area contributed by atoms with Crippen molar-refractivity contribution < 1.29 is 18.3 Å². The van der Waals surface area contributed by atoms with E-state index in [2.05, 4.69) is 5.32 Å². The second-order valence-corrected chi connectivity index (χ2v) is 5.46. The van der Waals surface area contributed by atoms with Gasteiger partial charge in [-0.1, -0.05) is 11.6 Å². The fourth-order valence-electron chi connectivity index (χ4n) is 1.18. The average Bonchev–Trinajstić information content (AvgIpc) is 2.15. The van der Waals surface area contributed by atoms with Crippen LogP contribution in [0.5, 0.6) is 0 Å². The minimum absolute atomic E-state index is 0.0133. The minimum Gasteiger partial charge on any atom is -0.478 e. The second kappa shape index (κ2) is 5.35. The maximum atomic E-state index is 10.9. The summed E-state index contributed by atoms with van der Waals surface area (Å²) in [7, 11) is -3.58. The first-order valence-electron chi connectivity index (χ1n) is 4.57. The van der Waals surface area contributed by atoms with Crippen LogP contribution < -0.4 is 10.5 Å². The van der Waals surface area contributed by atoms with E-state index in [-0.39, 0.29) is 23.5 Å². The summed E-state index contributed by atoms with van der Waals surface area (Å²) in [5, 5.41) is 16.7. The second-order valence-electron chi connectivity index (χ2n) is 3.29. The summed E-state index contributed by atoms with van der Waals surface area (Å²) in [6, 6.07) is 4.19. The SMILES string of the molecule is NS(=O)(=O)CCNc1cc(Cl)ccc1C(=O)O. The highest BCUT2D eigenvalue weighted by Gasteiger charge is 2.11. The third-order valence-corrected chi connectivity index (χ3v) is 2.92. The molecular formula is C9H11ClN2O4S. The van der Waals surface area contributed by atoms with Gasteiger partial charge in [0, 0.05) is 11.6 Å². The third kappa shape index (κ3) is 4.59. The zero-order valence-corrected chi connectivity index (χ0v) is 10.3. The number of carbonyl (C=O) groups is 1. The molecule has 0 aliphatic carbocycles. The molecule has 0 bridgehead atoms. The summed E-state index contributed by atoms with van der Waals surface area (Å²) in [6.45, 7) is 0.0133. The van der Waals surface area contributed by atoms with Crippen molar-refractivity contribution in [2.75, 3.05) is 17.6 Å². The largest absolute Gasteiger partial charge is 0.478 e. The van der Waals surface area contributed by atoms with Gasteiger partial charge in [-0.15, -0.1) is 0 Å². The Labute approximate surface area is 103 Å². The Hall–Kier alpha value is -1.31. The van der Waals surface area contributed by atoms with Crippen molar-refractivity contribution in [2.45, 2.75) is 0 Å². The van der Waals surface area contributed by atoms with Crippen LogP contribution >= 0.6 is 11.6 Å². The van der Waals surface area contributed by atoms with Gasteiger partial charge >= 0.3 is 5.97 Å². The Morgan fingerprint density at radius 1 is 1.47 bits per heavy atom. The van der Waals surface area contributed by atoms with Crippen molar-refractivity contribution in [3.8, 4) is 0 Å². The number of primary sulfonamides is 1. The van der Waals surface area contributed by atoms with Crippen LogP contribution in [0.2, 0.25) is 5.02 Å². The molecule has 0 saturated carbocycles. The van der Waals surface area contributed by atoms with Gasteiger partial charge in [0.2, 0.25) is 10.0 Å². The minimum atomic E-state index is -3.58. The van der Waals surface area contributed by atoms with E-state index >= 15 is 0 Å². The standard InChI is InChI=1S/C9H11ClN2O4S/c10-6-1-2-7(9(13)14)8(5-6)12-3-4-17(11,15)16/h1-2,5,12H,3-4H2,(H,13,14)(H2,11,15,16). The van der Waals surface area contributed by atoms with Crippen LogP contribution in [0.1, 0.15) is 10.4 Å². The third-order valence-electron chi connectivity index (χ3n) is 1.91. The molecule has 4 N–H and O–H groups in total. The lowest BCUT2D eigenvalue weighted by Gasteiger charge is -2.09. The highest BCUT2D eigenvalue weighted by molar-refractivity contribution is 7.89. The van der Waals surface area contributed by atoms with E-state index in [0.717, 1.165) is 0 Å². The van der Waals surface area contributed by atoms with E-state index in [1.807, 2.05) is 0 Å². The summed E-state index contributed by atoms with van der Waals surface area (Å²) in [5.74, 6) is -1.42. The summed E-state index contributed by atoms with van der Waals surface area (Å²) < 4.78 is 21.4. The Bertz CT molecular complexity index is 530. The summed E-state index contributed by atoms with van der Waals surface area (Å²) >= 11 is 5.71. The number of anilines is 1. The molecule has 1 rings (SSSR count). The van der Waals surface area contributed by atoms with E-state index in [1.54, 1.807) is 0 Å². The average molecular weight is 279 g/mol. The molecule has 0 aliphatic heterocycles. The number of nitrogens with one attached hydrogen (secondary N) is 1. The van der Waals surface area contributed by atoms with Crippen LogP contribution in [-0.4, -0.2) is 31.8 Å². The van der Waals surface area contributed by atoms with Gasteiger partial charge in [-0.3, -0.25) is 0 Å². The molecule has 0 atom stereocenters. The fraction of sp³-hybridized carbons (Fsp3) is 0.222. The summed E-state index contributed by atoms with van der Waals surface area (Å²) in [5.41, 5.74) is 0.275. The lowest BCUT2D eigenvalue weighted by atomic mass is 10.2. The first-order valence-corrected chi connectivity index (χ1v) is 6.66. The fourth-order valence-corrected chi connectivity index (χ4v) is 1.74. The zero-order valence-electron chi connectivity index (χ0n) is 8.68. The number of rotatable bonds is 5. The van der Waals surface area contributed by atoms with E-state index in [9.17, 15) is 13.2 Å². The molecule has 1 aromatic carbocycles. The molecule has 0 aliphatic rings. The Balaban J connectivity index is 2.82. The molecule has 17 heavy (non-hydrogen) atoms. The number of hydrogen-bond acceptors (Lipinski definition) is 4. The monoisotopic (exact) mass is 278 g/mol. The van der Waals surface area contributed by atoms with Crippen LogP contribution in [0.3, 0.4) is 0 Å². The molecule has 6 nitrogen and oxygen atoms in total. The Morgan fingerprint density at radius 3 is 2.65 bits per heavy atom. The van der Waals surface area contributed by atoms with E-state index in [0.29, 0.717) is 5.02 Å². The van der Waals surface area contributed by atoms with Crippen LogP contribution in [0.15, 0.2) is 18.2 Å². The van der Waals surface area contributed by atoms with Crippen molar-refractivity contribution in [3.05, 3.63) is 28.8 Å². The van der Waals surface area contributed by atoms with Crippen molar-refractivity contribution in [2.24, 2.45) is 5.14 Å². The lowest BCUT2D eigenvalue weighted by molar-refractivity contribution is 0.0698. The molecule has 0 spiro atoms. The van der Waals surface area contributed by atoms with E-state index < -0.39 is 16.0 Å². The zero-order chi connectivity index (χ0) is 13.1. The van der Waals surface area contributed by atoms with Gasteiger partial charge in [0.05, 0.1) is 17.0 Å². The quantitative estimate of drug-likeness (QED) is 0.736. The Morgan fingerprint density at radius 2 is 2.12 bits per heavy atom. The molecule has 0 aromatic heterocycles. The maximum Gasteiger partial charge on any atom is 0.337 e. The number of sulfonamides is 1. The number of hydrogen-bond donors (Lipinski definition) is 3. The van der Waals surface area contributed by atoms with Crippen LogP contribution in [0.4, 0.5) is 5.69 Å². The molecule has 0 fully saturated rings. The highest BCUT2D eigenvalue weighted by atomic mass is 35.5. The normalized spacial score (nSPS) is 11.2. The van der Waals surface area contributed by atoms with Gasteiger partial charge in [0.1, 0.15) is 0 Å². The molecule has 94 valence electrons. The Kier molecular flexibility index (Phi) is 4.33. The number of aromatic carboxylic acids is 1. The predicted octanol–water partition coefficient (Wildman–Crippen LogP) is 0.739. The van der Waals surface area contributed by atoms with Gasteiger partial charge in [0.25, 0.3) is 0 Å². The first kappa shape index (κ1) is 13.8. The lowest BCUT2D eigenvalue weighted by Crippen LogP contribution is -2.22. The summed E-state index contributed by atoms with van der Waals surface area (Å²) in [6.07, 6.45) is 0. The molecular weight excluding hydrogens is 268 g/mol. The van der Waals surface area contributed by atoms with Gasteiger partial charge in [-0.2, -0.15) is 0 Å². The van der Waals surface area contributed by atoms with Crippen molar-refractivity contribution in [1.29, 1.82) is 0 Å². The number of benzene rings is 1. The number of carboxylic acid groups (broad SMARTS) is 1. The van der Waals surface area contributed by atoms with Gasteiger partial charge < -0.3 is 10.4 Å². The highest BCUT2D eigenvalue weighted by Crippen LogP contribution is 2.20. The number of nitrogens with two attached hydrogens (primary N) is 1. The molecule has 0 unspecified atom stereocenters. The molecule has 0 heterocycles. The van der Waals surface area contributed by atoms with Gasteiger partial charge in [-0.25, -0.2) is 18.4 Å². The number of carboxylic acids is 1. The topological polar surface area (TPSA) is 109 Å². The molecule has 8 heteroatoms. The smallest absolute Gasteiger partial charge is 0.337 e. The molecule has 0 radical (unpaired) electrons. The van der Waals surface area contributed by atoms with Crippen molar-refractivity contribution >= 4 is 33.3 Å². The summed E-state index contributed by atoms with van der Waals surface area (Å²) in [4.78, 5) is 10.9. The molecule has 0 saturated heterocycles. The van der Waals surface area contributed by atoms with E-state index in [1.165, 1.54) is 18.2 Å². The molecule has 0 amide bonds. The van der Waals surface area contributed by atoms with Gasteiger partial charge in [-0.05, 0) is 18.2 Å². The van der Waals surface area contributed by atoms with Crippen molar-refractivity contribution in [3.63, 3.8) is 0 Å². The first-order chi connectivity index (χ1) is 7.79. The van der Waals surface area contributed by atoms with Gasteiger partial charge in [0.15, 0.2) is 0 Å². The van der Waals surface area contributed by atoms with Crippen molar-refractivity contribution in [1.82, 2.24) is 0 Å². The van der Waals surface area contributed by atoms with Crippen LogP contribution in [-0.2, 0) is 10.0 Å². The molecule has 1 aromatic rings. The maximum absolute atomic E-state index is 10.9. The number of halogens is 1. The van der Waals surface area contributed by atoms with E-state index in [4.69, 9.17) is 21.8 Å². The van der Waals surface area contributed by atoms with Crippen LogP contribution in [0, 0.1) is 0 Å². The predicted molar refractivity (Wildman–Crippen MR) is 64.9 cm³/mol.